The predicted molar refractivity (Wildman–Crippen MR) is 315 cm³/mol. The molecule has 0 heterocycles. The van der Waals surface area contributed by atoms with Crippen molar-refractivity contribution in [2.75, 3.05) is 13.2 Å². The SMILES string of the molecule is CCCCCCCCCCCCCCCCCCCC(O)C(CO)NC(=O)CCCCCCCCCCCCCCCCCCCCCCCCCOC(=O)CCCCCCCCCCCCCCCCC. The molecule has 0 saturated carbocycles. The minimum Gasteiger partial charge on any atom is -0.466 e. The predicted octanol–water partition coefficient (Wildman–Crippen LogP) is 21.0. The minimum absolute atomic E-state index is 0.0186. The first-order valence-electron chi connectivity index (χ1n) is 33.3. The zero-order valence-electron chi connectivity index (χ0n) is 49.2. The van der Waals surface area contributed by atoms with Crippen molar-refractivity contribution < 1.29 is 24.5 Å². The van der Waals surface area contributed by atoms with Crippen LogP contribution in [0.5, 0.6) is 0 Å². The number of carbonyl (C=O) groups is 2. The second kappa shape index (κ2) is 62.4. The van der Waals surface area contributed by atoms with Crippen molar-refractivity contribution in [2.24, 2.45) is 0 Å². The van der Waals surface area contributed by atoms with Gasteiger partial charge in [0.05, 0.1) is 25.4 Å². The van der Waals surface area contributed by atoms with Gasteiger partial charge in [-0.05, 0) is 25.7 Å². The van der Waals surface area contributed by atoms with Gasteiger partial charge >= 0.3 is 5.97 Å². The molecule has 430 valence electrons. The molecule has 0 aliphatic heterocycles. The summed E-state index contributed by atoms with van der Waals surface area (Å²) in [7, 11) is 0. The maximum Gasteiger partial charge on any atom is 0.305 e. The Morgan fingerprint density at radius 1 is 0.333 bits per heavy atom. The van der Waals surface area contributed by atoms with Crippen LogP contribution >= 0.6 is 0 Å². The van der Waals surface area contributed by atoms with E-state index in [1.54, 1.807) is 0 Å². The Hall–Kier alpha value is -1.14. The van der Waals surface area contributed by atoms with Crippen molar-refractivity contribution in [2.45, 2.75) is 398 Å². The van der Waals surface area contributed by atoms with E-state index in [-0.39, 0.29) is 18.5 Å². The van der Waals surface area contributed by atoms with Crippen molar-refractivity contribution in [1.82, 2.24) is 5.32 Å². The van der Waals surface area contributed by atoms with Gasteiger partial charge in [-0.25, -0.2) is 0 Å². The van der Waals surface area contributed by atoms with E-state index in [1.807, 2.05) is 0 Å². The molecule has 2 atom stereocenters. The summed E-state index contributed by atoms with van der Waals surface area (Å²) in [4.78, 5) is 24.6. The van der Waals surface area contributed by atoms with Gasteiger partial charge in [-0.3, -0.25) is 9.59 Å². The third-order valence-electron chi connectivity index (χ3n) is 15.9. The highest BCUT2D eigenvalue weighted by atomic mass is 16.5. The lowest BCUT2D eigenvalue weighted by Gasteiger charge is -2.22. The molecule has 2 unspecified atom stereocenters. The molecule has 0 aromatic carbocycles. The molecule has 0 aliphatic carbocycles. The Labute approximate surface area is 451 Å². The van der Waals surface area contributed by atoms with E-state index in [4.69, 9.17) is 4.74 Å². The fraction of sp³-hybridized carbons (Fsp3) is 0.970. The molecule has 72 heavy (non-hydrogen) atoms. The molecule has 0 aromatic rings. The third-order valence-corrected chi connectivity index (χ3v) is 15.9. The van der Waals surface area contributed by atoms with Crippen LogP contribution < -0.4 is 5.32 Å². The largest absolute Gasteiger partial charge is 0.466 e. The first-order valence-corrected chi connectivity index (χ1v) is 33.3. The van der Waals surface area contributed by atoms with Gasteiger partial charge in [0.2, 0.25) is 5.91 Å². The van der Waals surface area contributed by atoms with Crippen molar-refractivity contribution >= 4 is 11.9 Å². The number of hydrogen-bond donors (Lipinski definition) is 3. The van der Waals surface area contributed by atoms with E-state index < -0.39 is 12.1 Å². The summed E-state index contributed by atoms with van der Waals surface area (Å²) in [5, 5.41) is 23.4. The number of nitrogens with one attached hydrogen (secondary N) is 1. The highest BCUT2D eigenvalue weighted by Crippen LogP contribution is 2.19. The quantitative estimate of drug-likeness (QED) is 0.0417. The van der Waals surface area contributed by atoms with Gasteiger partial charge in [0.25, 0.3) is 0 Å². The number of hydrogen-bond acceptors (Lipinski definition) is 5. The Morgan fingerprint density at radius 2 is 0.569 bits per heavy atom. The fourth-order valence-corrected chi connectivity index (χ4v) is 10.8. The van der Waals surface area contributed by atoms with Crippen LogP contribution in [0, 0.1) is 0 Å². The molecule has 0 aromatic heterocycles. The lowest BCUT2D eigenvalue weighted by Crippen LogP contribution is -2.45. The van der Waals surface area contributed by atoms with Crippen LogP contribution in [0.3, 0.4) is 0 Å². The van der Waals surface area contributed by atoms with Gasteiger partial charge in [-0.1, -0.05) is 348 Å². The van der Waals surface area contributed by atoms with Gasteiger partial charge < -0.3 is 20.3 Å². The first-order chi connectivity index (χ1) is 35.5. The second-order valence-corrected chi connectivity index (χ2v) is 23.2. The van der Waals surface area contributed by atoms with Crippen LogP contribution in [0.25, 0.3) is 0 Å². The molecule has 0 bridgehead atoms. The molecule has 0 fully saturated rings. The van der Waals surface area contributed by atoms with E-state index >= 15 is 0 Å². The number of esters is 1. The molecule has 6 nitrogen and oxygen atoms in total. The molecule has 3 N–H and O–H groups in total. The molecule has 1 amide bonds. The van der Waals surface area contributed by atoms with Crippen LogP contribution in [0.1, 0.15) is 386 Å². The first kappa shape index (κ1) is 70.9. The summed E-state index contributed by atoms with van der Waals surface area (Å²) in [6.45, 7) is 5.00. The van der Waals surface area contributed by atoms with E-state index in [9.17, 15) is 19.8 Å². The zero-order valence-corrected chi connectivity index (χ0v) is 49.2. The number of aliphatic hydroxyl groups excluding tert-OH is 2. The number of unbranched alkanes of at least 4 members (excludes halogenated alkanes) is 52. The van der Waals surface area contributed by atoms with E-state index in [0.717, 1.165) is 38.5 Å². The Morgan fingerprint density at radius 3 is 0.847 bits per heavy atom. The average Bonchev–Trinajstić information content (AvgIpc) is 3.38. The Bertz CT molecular complexity index is 1040. The van der Waals surface area contributed by atoms with Crippen LogP contribution in [0.2, 0.25) is 0 Å². The smallest absolute Gasteiger partial charge is 0.305 e. The Kier molecular flexibility index (Phi) is 61.4. The van der Waals surface area contributed by atoms with Gasteiger partial charge in [0.15, 0.2) is 0 Å². The maximum absolute atomic E-state index is 12.5. The minimum atomic E-state index is -0.663. The average molecular weight is 1020 g/mol. The van der Waals surface area contributed by atoms with Gasteiger partial charge in [-0.2, -0.15) is 0 Å². The standard InChI is InChI=1S/C66H131NO5/c1-3-5-7-9-11-13-15-17-19-27-31-34-38-42-46-50-54-58-64(69)63(62-68)67-65(70)59-55-51-47-43-39-35-32-28-25-23-21-20-22-24-26-29-33-37-41-45-49-53-57-61-72-66(71)60-56-52-48-44-40-36-30-18-16-14-12-10-8-6-4-2/h63-64,68-69H,3-62H2,1-2H3,(H,67,70). The lowest BCUT2D eigenvalue weighted by atomic mass is 10.0. The molecule has 0 radical (unpaired) electrons. The van der Waals surface area contributed by atoms with Crippen molar-refractivity contribution in [3.05, 3.63) is 0 Å². The van der Waals surface area contributed by atoms with E-state index in [2.05, 4.69) is 19.2 Å². The molecule has 6 heteroatoms. The molecule has 0 spiro atoms. The third kappa shape index (κ3) is 58.1. The van der Waals surface area contributed by atoms with E-state index in [0.29, 0.717) is 25.9 Å². The van der Waals surface area contributed by atoms with E-state index in [1.165, 1.54) is 315 Å². The molecule has 0 aliphatic rings. The summed E-state index contributed by atoms with van der Waals surface area (Å²) in [5.41, 5.74) is 0. The number of rotatable bonds is 63. The van der Waals surface area contributed by atoms with Crippen LogP contribution in [0.15, 0.2) is 0 Å². The molecular weight excluding hydrogens is 887 g/mol. The highest BCUT2D eigenvalue weighted by Gasteiger charge is 2.20. The number of ether oxygens (including phenoxy) is 1. The normalized spacial score (nSPS) is 12.4. The summed E-state index contributed by atoms with van der Waals surface area (Å²) in [6.07, 6.45) is 74.1. The number of aliphatic hydroxyl groups is 2. The van der Waals surface area contributed by atoms with Gasteiger partial charge in [0, 0.05) is 12.8 Å². The molecule has 0 saturated heterocycles. The number of amides is 1. The zero-order chi connectivity index (χ0) is 52.2. The van der Waals surface area contributed by atoms with Crippen LogP contribution in [-0.4, -0.2) is 47.4 Å². The summed E-state index contributed by atoms with van der Waals surface area (Å²) in [5.74, 6) is -0.0117. The topological polar surface area (TPSA) is 95.9 Å². The second-order valence-electron chi connectivity index (χ2n) is 23.2. The monoisotopic (exact) mass is 1020 g/mol. The fourth-order valence-electron chi connectivity index (χ4n) is 10.8. The molecular formula is C66H131NO5. The van der Waals surface area contributed by atoms with Crippen LogP contribution in [0.4, 0.5) is 0 Å². The van der Waals surface area contributed by atoms with Crippen molar-refractivity contribution in [1.29, 1.82) is 0 Å². The van der Waals surface area contributed by atoms with Crippen LogP contribution in [-0.2, 0) is 14.3 Å². The summed E-state index contributed by atoms with van der Waals surface area (Å²) in [6, 6.07) is -0.540. The Balaban J connectivity index is 3.35. The lowest BCUT2D eigenvalue weighted by molar-refractivity contribution is -0.143. The highest BCUT2D eigenvalue weighted by molar-refractivity contribution is 5.76. The summed E-state index contributed by atoms with van der Waals surface area (Å²) >= 11 is 0. The maximum atomic E-state index is 12.5. The van der Waals surface area contributed by atoms with Crippen molar-refractivity contribution in [3.63, 3.8) is 0 Å². The molecule has 0 rings (SSSR count). The number of carbonyl (C=O) groups excluding carboxylic acids is 2. The van der Waals surface area contributed by atoms with Crippen molar-refractivity contribution in [3.8, 4) is 0 Å². The summed E-state index contributed by atoms with van der Waals surface area (Å²) < 4.78 is 5.50. The van der Waals surface area contributed by atoms with Gasteiger partial charge in [0.1, 0.15) is 0 Å². The van der Waals surface area contributed by atoms with Gasteiger partial charge in [-0.15, -0.1) is 0 Å².